The van der Waals surface area contributed by atoms with Crippen LogP contribution in [0.2, 0.25) is 0 Å². The molecule has 0 bridgehead atoms. The second-order valence-electron chi connectivity index (χ2n) is 9.59. The fourth-order valence-electron chi connectivity index (χ4n) is 5.47. The molecule has 0 spiro atoms. The molecule has 0 radical (unpaired) electrons. The van der Waals surface area contributed by atoms with Gasteiger partial charge in [0.1, 0.15) is 0 Å². The second kappa shape index (κ2) is 10.8. The molecule has 2 aliphatic rings. The number of amides is 1. The van der Waals surface area contributed by atoms with Crippen molar-refractivity contribution in [3.63, 3.8) is 0 Å². The number of hydrogen-bond donors (Lipinski definition) is 0. The van der Waals surface area contributed by atoms with Gasteiger partial charge in [-0.2, -0.15) is 0 Å². The monoisotopic (exact) mass is 418 g/mol. The van der Waals surface area contributed by atoms with Crippen molar-refractivity contribution in [1.29, 1.82) is 0 Å². The summed E-state index contributed by atoms with van der Waals surface area (Å²) < 4.78 is 0. The van der Waals surface area contributed by atoms with Gasteiger partial charge in [0, 0.05) is 31.9 Å². The van der Waals surface area contributed by atoms with Gasteiger partial charge >= 0.3 is 0 Å². The van der Waals surface area contributed by atoms with Gasteiger partial charge in [0.2, 0.25) is 0 Å². The van der Waals surface area contributed by atoms with Gasteiger partial charge in [-0.15, -0.1) is 0 Å². The Hall–Kier alpha value is -2.29. The minimum atomic E-state index is 0.205. The molecular weight excluding hydrogens is 380 g/mol. The van der Waals surface area contributed by atoms with E-state index in [0.29, 0.717) is 0 Å². The quantitative estimate of drug-likeness (QED) is 0.532. The summed E-state index contributed by atoms with van der Waals surface area (Å²) in [7, 11) is 0. The Morgan fingerprint density at radius 1 is 0.839 bits per heavy atom. The predicted octanol–water partition coefficient (Wildman–Crippen LogP) is 6.54. The summed E-state index contributed by atoms with van der Waals surface area (Å²) in [6.07, 6.45) is 10.8. The van der Waals surface area contributed by atoms with Crippen molar-refractivity contribution in [2.75, 3.05) is 24.5 Å². The van der Waals surface area contributed by atoms with Crippen molar-refractivity contribution in [3.05, 3.63) is 65.7 Å². The fraction of sp³-hybridized carbons (Fsp3) is 0.536. The van der Waals surface area contributed by atoms with Crippen LogP contribution < -0.4 is 4.90 Å². The first kappa shape index (κ1) is 21.9. The van der Waals surface area contributed by atoms with Gasteiger partial charge in [-0.3, -0.25) is 4.79 Å². The summed E-state index contributed by atoms with van der Waals surface area (Å²) >= 11 is 0. The standard InChI is InChI=1S/C28H38N2O/c1-23-12-5-2-3-8-15-25(23)16-11-19-29-20-21-30(22-24-13-6-4-7-14-24)27-18-10-9-17-26(27)28(29)31/h4,6-7,9-10,13-14,17-18,23,25H,2-3,5,8,11-12,15-16,19-22H2,1H3. The van der Waals surface area contributed by atoms with Gasteiger partial charge in [-0.25, -0.2) is 0 Å². The van der Waals surface area contributed by atoms with Crippen LogP contribution in [0.3, 0.4) is 0 Å². The lowest BCUT2D eigenvalue weighted by Crippen LogP contribution is -2.35. The summed E-state index contributed by atoms with van der Waals surface area (Å²) in [5.74, 6) is 1.88. The Balaban J connectivity index is 1.40. The van der Waals surface area contributed by atoms with Crippen LogP contribution in [-0.4, -0.2) is 30.4 Å². The van der Waals surface area contributed by atoms with Crippen molar-refractivity contribution in [1.82, 2.24) is 4.90 Å². The minimum Gasteiger partial charge on any atom is -0.365 e. The Kier molecular flexibility index (Phi) is 7.66. The zero-order valence-electron chi connectivity index (χ0n) is 19.1. The highest BCUT2D eigenvalue weighted by atomic mass is 16.2. The Labute approximate surface area is 188 Å². The highest BCUT2D eigenvalue weighted by Gasteiger charge is 2.26. The largest absolute Gasteiger partial charge is 0.365 e. The average Bonchev–Trinajstić information content (AvgIpc) is 2.91. The fourth-order valence-corrected chi connectivity index (χ4v) is 5.47. The summed E-state index contributed by atoms with van der Waals surface area (Å²) in [6.45, 7) is 5.87. The molecule has 0 aromatic heterocycles. The van der Waals surface area contributed by atoms with Crippen LogP contribution in [0.4, 0.5) is 5.69 Å². The normalized spacial score (nSPS) is 22.4. The first-order valence-corrected chi connectivity index (χ1v) is 12.4. The molecule has 166 valence electrons. The molecule has 1 fully saturated rings. The molecule has 2 unspecified atom stereocenters. The maximum absolute atomic E-state index is 13.4. The van der Waals surface area contributed by atoms with Crippen LogP contribution >= 0.6 is 0 Å². The number of carbonyl (C=O) groups excluding carboxylic acids is 1. The van der Waals surface area contributed by atoms with Gasteiger partial charge in [0.25, 0.3) is 5.91 Å². The number of nitrogens with zero attached hydrogens (tertiary/aromatic N) is 2. The molecule has 4 rings (SSSR count). The van der Waals surface area contributed by atoms with Crippen LogP contribution in [-0.2, 0) is 6.54 Å². The van der Waals surface area contributed by atoms with Gasteiger partial charge in [0.05, 0.1) is 5.56 Å². The highest BCUT2D eigenvalue weighted by Crippen LogP contribution is 2.31. The molecule has 2 aromatic carbocycles. The van der Waals surface area contributed by atoms with E-state index in [4.69, 9.17) is 0 Å². The SMILES string of the molecule is CC1CCCCCCC1CCCN1CCN(Cc2ccccc2)c2ccccc2C1=O. The number of carbonyl (C=O) groups is 1. The maximum Gasteiger partial charge on any atom is 0.256 e. The minimum absolute atomic E-state index is 0.205. The molecule has 1 aliphatic carbocycles. The third-order valence-electron chi connectivity index (χ3n) is 7.41. The van der Waals surface area contributed by atoms with E-state index in [1.807, 2.05) is 12.1 Å². The van der Waals surface area contributed by atoms with Crippen LogP contribution in [0.1, 0.15) is 74.2 Å². The molecule has 1 heterocycles. The number of para-hydroxylation sites is 1. The predicted molar refractivity (Wildman–Crippen MR) is 129 cm³/mol. The summed E-state index contributed by atoms with van der Waals surface area (Å²) in [4.78, 5) is 17.9. The lowest BCUT2D eigenvalue weighted by atomic mass is 9.80. The Bertz CT molecular complexity index is 834. The van der Waals surface area contributed by atoms with Crippen molar-refractivity contribution >= 4 is 11.6 Å². The lowest BCUT2D eigenvalue weighted by Gasteiger charge is -2.28. The number of anilines is 1. The topological polar surface area (TPSA) is 23.6 Å². The summed E-state index contributed by atoms with van der Waals surface area (Å²) in [5, 5.41) is 0. The third kappa shape index (κ3) is 5.70. The van der Waals surface area contributed by atoms with Gasteiger partial charge in [-0.05, 0) is 42.4 Å². The molecule has 3 heteroatoms. The van der Waals surface area contributed by atoms with Gasteiger partial charge in [0.15, 0.2) is 0 Å². The van der Waals surface area contributed by atoms with Crippen LogP contribution in [0.5, 0.6) is 0 Å². The second-order valence-corrected chi connectivity index (χ2v) is 9.59. The molecule has 2 aromatic rings. The van der Waals surface area contributed by atoms with E-state index in [2.05, 4.69) is 59.2 Å². The van der Waals surface area contributed by atoms with Crippen LogP contribution in [0.25, 0.3) is 0 Å². The van der Waals surface area contributed by atoms with Gasteiger partial charge in [-0.1, -0.05) is 87.9 Å². The zero-order valence-corrected chi connectivity index (χ0v) is 19.1. The maximum atomic E-state index is 13.4. The van der Waals surface area contributed by atoms with E-state index < -0.39 is 0 Å². The number of rotatable bonds is 6. The summed E-state index contributed by atoms with van der Waals surface area (Å²) in [6, 6.07) is 18.7. The highest BCUT2D eigenvalue weighted by molar-refractivity contribution is 6.00. The van der Waals surface area contributed by atoms with Gasteiger partial charge < -0.3 is 9.80 Å². The Morgan fingerprint density at radius 2 is 1.55 bits per heavy atom. The Morgan fingerprint density at radius 3 is 2.39 bits per heavy atom. The number of fused-ring (bicyclic) bond motifs is 1. The molecule has 2 atom stereocenters. The van der Waals surface area contributed by atoms with Crippen molar-refractivity contribution in [3.8, 4) is 0 Å². The van der Waals surface area contributed by atoms with E-state index >= 15 is 0 Å². The molecule has 0 saturated heterocycles. The average molecular weight is 419 g/mol. The molecular formula is C28H38N2O. The van der Waals surface area contributed by atoms with E-state index in [0.717, 1.165) is 55.7 Å². The van der Waals surface area contributed by atoms with Crippen molar-refractivity contribution in [2.45, 2.75) is 64.8 Å². The molecule has 1 amide bonds. The molecule has 0 N–H and O–H groups in total. The molecule has 1 saturated carbocycles. The molecule has 1 aliphatic heterocycles. The number of benzene rings is 2. The summed E-state index contributed by atoms with van der Waals surface area (Å²) in [5.41, 5.74) is 3.22. The molecule has 31 heavy (non-hydrogen) atoms. The van der Waals surface area contributed by atoms with E-state index in [1.54, 1.807) is 0 Å². The molecule has 3 nitrogen and oxygen atoms in total. The van der Waals surface area contributed by atoms with E-state index in [-0.39, 0.29) is 5.91 Å². The first-order valence-electron chi connectivity index (χ1n) is 12.4. The van der Waals surface area contributed by atoms with E-state index in [1.165, 1.54) is 50.5 Å². The smallest absolute Gasteiger partial charge is 0.256 e. The van der Waals surface area contributed by atoms with E-state index in [9.17, 15) is 4.79 Å². The van der Waals surface area contributed by atoms with Crippen LogP contribution in [0, 0.1) is 11.8 Å². The third-order valence-corrected chi connectivity index (χ3v) is 7.41. The van der Waals surface area contributed by atoms with Crippen LogP contribution in [0.15, 0.2) is 54.6 Å². The zero-order chi connectivity index (χ0) is 21.5. The van der Waals surface area contributed by atoms with Crippen molar-refractivity contribution in [2.24, 2.45) is 11.8 Å². The lowest BCUT2D eigenvalue weighted by molar-refractivity contribution is 0.0759. The van der Waals surface area contributed by atoms with Crippen molar-refractivity contribution < 1.29 is 4.79 Å². The number of hydrogen-bond acceptors (Lipinski definition) is 2. The first-order chi connectivity index (χ1) is 15.2.